The monoisotopic (exact) mass is 636 g/mol. The van der Waals surface area contributed by atoms with Gasteiger partial charge < -0.3 is 43.8 Å². The highest BCUT2D eigenvalue weighted by Gasteiger charge is 2.29. The molecule has 0 aromatic heterocycles. The molecule has 0 bridgehead atoms. The summed E-state index contributed by atoms with van der Waals surface area (Å²) >= 11 is 0. The molecule has 0 fully saturated rings. The Morgan fingerprint density at radius 1 is 0.848 bits per heavy atom. The smallest absolute Gasteiger partial charge is 0.413 e. The van der Waals surface area contributed by atoms with Gasteiger partial charge >= 0.3 is 12.2 Å². The van der Waals surface area contributed by atoms with Gasteiger partial charge in [0.1, 0.15) is 11.4 Å². The Kier molecular flexibility index (Phi) is 11.5. The Hall–Kier alpha value is -4.80. The van der Waals surface area contributed by atoms with Crippen LogP contribution >= 0.6 is 0 Å². The number of hydrogen-bond acceptors (Lipinski definition) is 9. The molecule has 248 valence electrons. The van der Waals surface area contributed by atoms with Crippen LogP contribution in [0.1, 0.15) is 37.5 Å². The summed E-state index contributed by atoms with van der Waals surface area (Å²) in [7, 11) is 6.26. The number of nitrogens with one attached hydrogen (secondary N) is 2. The molecule has 3 aromatic carbocycles. The Morgan fingerprint density at radius 3 is 2.22 bits per heavy atom. The van der Waals surface area contributed by atoms with E-state index in [4.69, 9.17) is 33.2 Å². The first-order chi connectivity index (χ1) is 22.0. The zero-order valence-electron chi connectivity index (χ0n) is 27.6. The number of hydrogen-bond donors (Lipinski definition) is 2. The Morgan fingerprint density at radius 2 is 1.57 bits per heavy atom. The minimum absolute atomic E-state index is 0.115. The van der Waals surface area contributed by atoms with Gasteiger partial charge in [-0.1, -0.05) is 36.4 Å². The molecule has 4 rings (SSSR count). The second-order valence-electron chi connectivity index (χ2n) is 12.0. The van der Waals surface area contributed by atoms with Crippen LogP contribution in [-0.2, 0) is 24.0 Å². The normalized spacial score (nSPS) is 14.5. The number of methoxy groups -OCH3 is 4. The van der Waals surface area contributed by atoms with E-state index >= 15 is 0 Å². The molecular weight excluding hydrogens is 592 g/mol. The molecule has 2 atom stereocenters. The van der Waals surface area contributed by atoms with Crippen LogP contribution in [0.25, 0.3) is 0 Å². The van der Waals surface area contributed by atoms with Crippen LogP contribution in [0.5, 0.6) is 34.5 Å². The fourth-order valence-corrected chi connectivity index (χ4v) is 5.35. The Bertz CT molecular complexity index is 1490. The van der Waals surface area contributed by atoms with Crippen molar-refractivity contribution in [1.82, 2.24) is 10.6 Å². The summed E-state index contributed by atoms with van der Waals surface area (Å²) in [5, 5.41) is 5.63. The minimum atomic E-state index is -0.678. The van der Waals surface area contributed by atoms with Gasteiger partial charge in [-0.25, -0.2) is 9.59 Å². The molecule has 2 amide bonds. The van der Waals surface area contributed by atoms with Gasteiger partial charge in [0.2, 0.25) is 5.75 Å². The van der Waals surface area contributed by atoms with E-state index in [0.717, 1.165) is 16.7 Å². The van der Waals surface area contributed by atoms with Crippen molar-refractivity contribution in [3.8, 4) is 34.5 Å². The van der Waals surface area contributed by atoms with Crippen LogP contribution in [-0.4, -0.2) is 65.4 Å². The van der Waals surface area contributed by atoms with E-state index in [1.165, 1.54) is 7.11 Å². The second-order valence-corrected chi connectivity index (χ2v) is 12.0. The van der Waals surface area contributed by atoms with Gasteiger partial charge in [-0.2, -0.15) is 0 Å². The lowest BCUT2D eigenvalue weighted by molar-refractivity contribution is 0.0521. The van der Waals surface area contributed by atoms with Gasteiger partial charge in [0.25, 0.3) is 0 Å². The Balaban J connectivity index is 1.46. The molecule has 1 heterocycles. The molecule has 11 heteroatoms. The maximum atomic E-state index is 13.2. The zero-order valence-corrected chi connectivity index (χ0v) is 27.6. The third-order valence-electron chi connectivity index (χ3n) is 7.35. The summed E-state index contributed by atoms with van der Waals surface area (Å²) in [5.41, 5.74) is 2.19. The quantitative estimate of drug-likeness (QED) is 0.256. The highest BCUT2D eigenvalue weighted by Crippen LogP contribution is 2.47. The minimum Gasteiger partial charge on any atom is -0.493 e. The maximum Gasteiger partial charge on any atom is 0.413 e. The van der Waals surface area contributed by atoms with Crippen LogP contribution in [0.4, 0.5) is 9.59 Å². The topological polar surface area (TPSA) is 123 Å². The van der Waals surface area contributed by atoms with Crippen molar-refractivity contribution in [3.05, 3.63) is 71.3 Å². The van der Waals surface area contributed by atoms with Gasteiger partial charge in [-0.15, -0.1) is 0 Å². The van der Waals surface area contributed by atoms with Crippen molar-refractivity contribution in [1.29, 1.82) is 0 Å². The van der Waals surface area contributed by atoms with Crippen molar-refractivity contribution >= 4 is 12.2 Å². The molecule has 0 radical (unpaired) electrons. The zero-order chi connectivity index (χ0) is 33.3. The highest BCUT2D eigenvalue weighted by molar-refractivity contribution is 5.72. The molecular formula is C35H44N2O9. The van der Waals surface area contributed by atoms with Crippen molar-refractivity contribution in [3.63, 3.8) is 0 Å². The average Bonchev–Trinajstić information content (AvgIpc) is 3.02. The van der Waals surface area contributed by atoms with E-state index in [2.05, 4.69) is 10.6 Å². The number of rotatable bonds is 12. The summed E-state index contributed by atoms with van der Waals surface area (Å²) in [6.45, 7) is 5.99. The van der Waals surface area contributed by atoms with Crippen molar-refractivity contribution in [2.45, 2.75) is 51.7 Å². The predicted molar refractivity (Wildman–Crippen MR) is 173 cm³/mol. The average molecular weight is 637 g/mol. The van der Waals surface area contributed by atoms with E-state index in [1.807, 2.05) is 42.5 Å². The van der Waals surface area contributed by atoms with Gasteiger partial charge in [-0.05, 0) is 63.3 Å². The first-order valence-electron chi connectivity index (χ1n) is 15.1. The van der Waals surface area contributed by atoms with E-state index in [9.17, 15) is 9.59 Å². The summed E-state index contributed by atoms with van der Waals surface area (Å²) in [4.78, 5) is 25.5. The van der Waals surface area contributed by atoms with Crippen LogP contribution < -0.4 is 39.1 Å². The molecule has 2 N–H and O–H groups in total. The fraction of sp³-hybridized carbons (Fsp3) is 0.429. The maximum absolute atomic E-state index is 13.2. The fourth-order valence-electron chi connectivity index (χ4n) is 5.35. The van der Waals surface area contributed by atoms with Gasteiger partial charge in [0.05, 0.1) is 41.1 Å². The molecule has 46 heavy (non-hydrogen) atoms. The summed E-state index contributed by atoms with van der Waals surface area (Å²) in [6, 6.07) is 16.5. The molecule has 0 aliphatic carbocycles. The lowest BCUT2D eigenvalue weighted by Crippen LogP contribution is -2.46. The van der Waals surface area contributed by atoms with Crippen LogP contribution in [0.3, 0.4) is 0 Å². The van der Waals surface area contributed by atoms with Crippen LogP contribution in [0.2, 0.25) is 0 Å². The first kappa shape index (κ1) is 34.1. The van der Waals surface area contributed by atoms with E-state index in [-0.39, 0.29) is 18.2 Å². The summed E-state index contributed by atoms with van der Waals surface area (Å²) in [6.07, 6.45) is 0.553. The van der Waals surface area contributed by atoms with Gasteiger partial charge in [-0.3, -0.25) is 0 Å². The highest BCUT2D eigenvalue weighted by atomic mass is 16.6. The van der Waals surface area contributed by atoms with Crippen molar-refractivity contribution < 1.29 is 42.7 Å². The third kappa shape index (κ3) is 9.12. The van der Waals surface area contributed by atoms with Crippen LogP contribution in [0, 0.1) is 5.92 Å². The second kappa shape index (κ2) is 15.5. The number of alkyl carbamates (subject to hydrolysis) is 1. The molecule has 0 spiro atoms. The number of amides is 2. The molecule has 0 saturated heterocycles. The number of carbonyl (C=O) groups is 2. The summed E-state index contributed by atoms with van der Waals surface area (Å²) in [5.74, 6) is 3.15. The van der Waals surface area contributed by atoms with Gasteiger partial charge in [0.15, 0.2) is 23.0 Å². The predicted octanol–water partition coefficient (Wildman–Crippen LogP) is 5.74. The van der Waals surface area contributed by atoms with E-state index in [0.29, 0.717) is 54.6 Å². The molecule has 11 nitrogen and oxygen atoms in total. The first-order valence-corrected chi connectivity index (χ1v) is 15.1. The molecule has 0 saturated carbocycles. The largest absolute Gasteiger partial charge is 0.493 e. The number of carbonyl (C=O) groups excluding carboxylic acids is 2. The van der Waals surface area contributed by atoms with E-state index < -0.39 is 23.8 Å². The Labute approximate surface area is 270 Å². The molecule has 1 aliphatic rings. The lowest BCUT2D eigenvalue weighted by atomic mass is 9.90. The van der Waals surface area contributed by atoms with Crippen LogP contribution in [0.15, 0.2) is 54.6 Å². The SMILES string of the molecule is COc1ccc(CC2COc3cc(OC)c(OC)c(OC)c3C2)cc1OC(=O)N[C@@H](CNC(=O)OC(C)(C)C)Cc1ccccc1. The molecule has 1 unspecified atom stereocenters. The van der Waals surface area contributed by atoms with E-state index in [1.54, 1.807) is 54.2 Å². The van der Waals surface area contributed by atoms with Crippen molar-refractivity contribution in [2.24, 2.45) is 5.92 Å². The van der Waals surface area contributed by atoms with Gasteiger partial charge in [0, 0.05) is 24.1 Å². The number of benzene rings is 3. The molecule has 3 aromatic rings. The van der Waals surface area contributed by atoms with Crippen molar-refractivity contribution in [2.75, 3.05) is 41.6 Å². The standard InChI is InChI=1S/C35H44N2O9/c1-35(2,3)46-33(38)36-20-25(16-22-11-9-8-10-12-22)37-34(39)45-29-18-23(13-14-27(29)40-4)15-24-17-26-28(44-21-24)19-30(41-5)32(43-7)31(26)42-6/h8-14,18-19,24-25H,15-17,20-21H2,1-7H3,(H,36,38)(H,37,39)/t24?,25-/m1/s1. The lowest BCUT2D eigenvalue weighted by Gasteiger charge is -2.28. The number of fused-ring (bicyclic) bond motifs is 1. The third-order valence-corrected chi connectivity index (χ3v) is 7.35. The number of ether oxygens (including phenoxy) is 7. The summed E-state index contributed by atoms with van der Waals surface area (Å²) < 4.78 is 39.5. The molecule has 1 aliphatic heterocycles.